The summed E-state index contributed by atoms with van der Waals surface area (Å²) in [5.41, 5.74) is 1.71. The maximum absolute atomic E-state index is 12.8. The van der Waals surface area contributed by atoms with Gasteiger partial charge in [0.1, 0.15) is 5.75 Å². The van der Waals surface area contributed by atoms with Gasteiger partial charge in [-0.15, -0.1) is 13.2 Å². The lowest BCUT2D eigenvalue weighted by atomic mass is 10.1. The van der Waals surface area contributed by atoms with Crippen molar-refractivity contribution >= 4 is 17.3 Å². The molecule has 11 heteroatoms. The third-order valence-electron chi connectivity index (χ3n) is 5.29. The van der Waals surface area contributed by atoms with Crippen LogP contribution in [0.1, 0.15) is 10.4 Å². The van der Waals surface area contributed by atoms with Crippen molar-refractivity contribution < 1.29 is 27.6 Å². The number of carbonyl (C=O) groups excluding carboxylic acids is 1. The van der Waals surface area contributed by atoms with E-state index in [0.29, 0.717) is 31.9 Å². The Kier molecular flexibility index (Phi) is 5.95. The van der Waals surface area contributed by atoms with Crippen LogP contribution in [-0.4, -0.2) is 52.8 Å². The predicted octanol–water partition coefficient (Wildman–Crippen LogP) is 4.25. The second kappa shape index (κ2) is 8.85. The number of ether oxygens (including phenoxy) is 1. The smallest absolute Gasteiger partial charge is 0.406 e. The molecule has 0 radical (unpaired) electrons. The number of benzene rings is 2. The Hall–Kier alpha value is -4.02. The lowest BCUT2D eigenvalue weighted by molar-refractivity contribution is -0.384. The molecule has 2 aromatic carbocycles. The van der Waals surface area contributed by atoms with Crippen LogP contribution in [0, 0.1) is 10.1 Å². The molecule has 2 heterocycles. The molecule has 1 fully saturated rings. The molecule has 0 aliphatic carbocycles. The number of nitro benzene ring substituents is 1. The number of non-ortho nitro benzene ring substituents is 1. The zero-order valence-electron chi connectivity index (χ0n) is 17.2. The topological polar surface area (TPSA) is 80.8 Å². The van der Waals surface area contributed by atoms with Crippen LogP contribution in [0.25, 0.3) is 5.69 Å². The third kappa shape index (κ3) is 5.08. The summed E-state index contributed by atoms with van der Waals surface area (Å²) in [5.74, 6) is -0.679. The molecule has 1 aliphatic heterocycles. The Balaban J connectivity index is 1.46. The van der Waals surface area contributed by atoms with Crippen LogP contribution in [0.5, 0.6) is 5.75 Å². The molecular formula is C22H19F3N4O4. The summed E-state index contributed by atoms with van der Waals surface area (Å²) in [7, 11) is 0. The van der Waals surface area contributed by atoms with Gasteiger partial charge in [-0.3, -0.25) is 14.9 Å². The van der Waals surface area contributed by atoms with Gasteiger partial charge in [-0.2, -0.15) is 0 Å². The van der Waals surface area contributed by atoms with Gasteiger partial charge >= 0.3 is 6.36 Å². The third-order valence-corrected chi connectivity index (χ3v) is 5.29. The van der Waals surface area contributed by atoms with Gasteiger partial charge in [-0.25, -0.2) is 0 Å². The summed E-state index contributed by atoms with van der Waals surface area (Å²) in [6.07, 6.45) is -1.19. The first-order valence-electron chi connectivity index (χ1n) is 10.0. The molecule has 1 saturated heterocycles. The fourth-order valence-corrected chi connectivity index (χ4v) is 3.73. The Bertz CT molecular complexity index is 1140. The molecule has 0 N–H and O–H groups in total. The summed E-state index contributed by atoms with van der Waals surface area (Å²) < 4.78 is 42.6. The van der Waals surface area contributed by atoms with E-state index in [0.717, 1.165) is 17.8 Å². The number of nitrogens with zero attached hydrogens (tertiary/aromatic N) is 4. The maximum Gasteiger partial charge on any atom is 0.573 e. The number of carbonyl (C=O) groups is 1. The number of alkyl halides is 3. The first-order valence-corrected chi connectivity index (χ1v) is 10.0. The minimum atomic E-state index is -4.79. The van der Waals surface area contributed by atoms with E-state index in [9.17, 15) is 28.1 Å². The first-order chi connectivity index (χ1) is 15.7. The number of aromatic nitrogens is 1. The van der Waals surface area contributed by atoms with Crippen LogP contribution >= 0.6 is 0 Å². The fraction of sp³-hybridized carbons (Fsp3) is 0.227. The highest BCUT2D eigenvalue weighted by Crippen LogP contribution is 2.30. The van der Waals surface area contributed by atoms with Gasteiger partial charge in [0.25, 0.3) is 11.6 Å². The molecule has 1 aliphatic rings. The Morgan fingerprint density at radius 3 is 2.15 bits per heavy atom. The number of hydrogen-bond donors (Lipinski definition) is 0. The molecule has 0 saturated carbocycles. The fourth-order valence-electron chi connectivity index (χ4n) is 3.73. The lowest BCUT2D eigenvalue weighted by Gasteiger charge is -2.37. The van der Waals surface area contributed by atoms with E-state index in [1.54, 1.807) is 27.9 Å². The average Bonchev–Trinajstić information content (AvgIpc) is 3.33. The zero-order chi connectivity index (χ0) is 23.6. The van der Waals surface area contributed by atoms with Gasteiger partial charge in [-0.05, 0) is 42.5 Å². The molecule has 0 spiro atoms. The van der Waals surface area contributed by atoms with Crippen molar-refractivity contribution in [3.63, 3.8) is 0 Å². The van der Waals surface area contributed by atoms with Gasteiger partial charge in [0, 0.05) is 56.3 Å². The molecule has 1 aromatic heterocycles. The highest BCUT2D eigenvalue weighted by molar-refractivity contribution is 5.94. The highest BCUT2D eigenvalue weighted by atomic mass is 19.4. The second-order valence-electron chi connectivity index (χ2n) is 7.37. The van der Waals surface area contributed by atoms with E-state index in [1.165, 1.54) is 24.3 Å². The van der Waals surface area contributed by atoms with Crippen molar-refractivity contribution in [3.8, 4) is 11.4 Å². The number of nitro groups is 1. The zero-order valence-corrected chi connectivity index (χ0v) is 17.2. The second-order valence-corrected chi connectivity index (χ2v) is 7.37. The molecule has 0 unspecified atom stereocenters. The molecular weight excluding hydrogens is 441 g/mol. The van der Waals surface area contributed by atoms with E-state index in [4.69, 9.17) is 0 Å². The van der Waals surface area contributed by atoms with Crippen molar-refractivity contribution in [1.29, 1.82) is 0 Å². The highest BCUT2D eigenvalue weighted by Gasteiger charge is 2.31. The first kappa shape index (κ1) is 22.2. The van der Waals surface area contributed by atoms with E-state index in [1.807, 2.05) is 17.0 Å². The number of hydrogen-bond acceptors (Lipinski definition) is 5. The van der Waals surface area contributed by atoms with Crippen molar-refractivity contribution in [2.45, 2.75) is 6.36 Å². The number of rotatable bonds is 5. The quantitative estimate of drug-likeness (QED) is 0.420. The van der Waals surface area contributed by atoms with Gasteiger partial charge in [0.05, 0.1) is 16.3 Å². The molecule has 33 heavy (non-hydrogen) atoms. The summed E-state index contributed by atoms with van der Waals surface area (Å²) in [5, 5.41) is 11.2. The lowest BCUT2D eigenvalue weighted by Crippen LogP contribution is -2.49. The Labute approximate surface area is 186 Å². The predicted molar refractivity (Wildman–Crippen MR) is 114 cm³/mol. The molecule has 8 nitrogen and oxygen atoms in total. The number of anilines is 1. The SMILES string of the molecule is O=C(c1ccc(OC(F)(F)F)cc1)N1CCN(c2ccc([N+](=O)[O-])cc2-n2cccc2)CC1. The summed E-state index contributed by atoms with van der Waals surface area (Å²) in [6.45, 7) is 1.77. The van der Waals surface area contributed by atoms with E-state index in [2.05, 4.69) is 4.74 Å². The number of piperazine rings is 1. The summed E-state index contributed by atoms with van der Waals surface area (Å²) in [4.78, 5) is 27.2. The molecule has 172 valence electrons. The standard InChI is InChI=1S/C22H19F3N4O4/c23-22(24,25)33-18-6-3-16(4-7-18)21(30)28-13-11-27(12-14-28)19-8-5-17(29(31)32)15-20(19)26-9-1-2-10-26/h1-10,15H,11-14H2. The molecule has 3 aromatic rings. The van der Waals surface area contributed by atoms with Crippen LogP contribution in [-0.2, 0) is 0 Å². The van der Waals surface area contributed by atoms with Gasteiger partial charge in [0.2, 0.25) is 0 Å². The van der Waals surface area contributed by atoms with Crippen LogP contribution < -0.4 is 9.64 Å². The van der Waals surface area contributed by atoms with Crippen LogP contribution in [0.15, 0.2) is 67.0 Å². The van der Waals surface area contributed by atoms with E-state index < -0.39 is 11.3 Å². The summed E-state index contributed by atoms with van der Waals surface area (Å²) >= 11 is 0. The van der Waals surface area contributed by atoms with Crippen LogP contribution in [0.3, 0.4) is 0 Å². The van der Waals surface area contributed by atoms with Gasteiger partial charge in [0.15, 0.2) is 0 Å². The van der Waals surface area contributed by atoms with Crippen molar-refractivity contribution in [2.75, 3.05) is 31.1 Å². The monoisotopic (exact) mass is 460 g/mol. The van der Waals surface area contributed by atoms with Crippen molar-refractivity contribution in [1.82, 2.24) is 9.47 Å². The molecule has 0 atom stereocenters. The number of halogens is 3. The molecule has 1 amide bonds. The van der Waals surface area contributed by atoms with E-state index >= 15 is 0 Å². The Morgan fingerprint density at radius 1 is 0.939 bits per heavy atom. The Morgan fingerprint density at radius 2 is 1.58 bits per heavy atom. The minimum Gasteiger partial charge on any atom is -0.406 e. The van der Waals surface area contributed by atoms with Crippen LogP contribution in [0.4, 0.5) is 24.5 Å². The van der Waals surface area contributed by atoms with Crippen molar-refractivity contribution in [3.05, 3.63) is 82.7 Å². The molecule has 4 rings (SSSR count). The molecule has 0 bridgehead atoms. The van der Waals surface area contributed by atoms with Gasteiger partial charge < -0.3 is 19.1 Å². The van der Waals surface area contributed by atoms with E-state index in [-0.39, 0.29) is 22.9 Å². The number of amides is 1. The van der Waals surface area contributed by atoms with Crippen LogP contribution in [0.2, 0.25) is 0 Å². The van der Waals surface area contributed by atoms with Crippen molar-refractivity contribution in [2.24, 2.45) is 0 Å². The minimum absolute atomic E-state index is 0.0192. The van der Waals surface area contributed by atoms with Gasteiger partial charge in [-0.1, -0.05) is 0 Å². The maximum atomic E-state index is 12.8. The largest absolute Gasteiger partial charge is 0.573 e. The summed E-state index contributed by atoms with van der Waals surface area (Å²) in [6, 6.07) is 13.1. The normalized spacial score (nSPS) is 14.3. The average molecular weight is 460 g/mol.